The van der Waals surface area contributed by atoms with Crippen LogP contribution in [0.3, 0.4) is 0 Å². The third-order valence-electron chi connectivity index (χ3n) is 3.70. The number of nitrogens with two attached hydrogens (primary N) is 1. The normalized spacial score (nSPS) is 46.1. The van der Waals surface area contributed by atoms with Gasteiger partial charge in [0.05, 0.1) is 25.4 Å². The van der Waals surface area contributed by atoms with Crippen molar-refractivity contribution in [3.8, 4) is 0 Å². The van der Waals surface area contributed by atoms with Gasteiger partial charge in [0.2, 0.25) is 0 Å². The van der Waals surface area contributed by atoms with E-state index in [0.29, 0.717) is 18.8 Å². The molecule has 0 aliphatic carbocycles. The van der Waals surface area contributed by atoms with Crippen LogP contribution in [0.4, 0.5) is 0 Å². The molecule has 0 radical (unpaired) electrons. The number of hydrogen-bond acceptors (Lipinski definition) is 4. The van der Waals surface area contributed by atoms with Crippen molar-refractivity contribution in [3.05, 3.63) is 0 Å². The first-order valence-electron chi connectivity index (χ1n) is 6.21. The van der Waals surface area contributed by atoms with Gasteiger partial charge in [0.15, 0.2) is 0 Å². The number of hydrogen-bond donors (Lipinski definition) is 1. The molecule has 0 bridgehead atoms. The zero-order chi connectivity index (χ0) is 11.8. The summed E-state index contributed by atoms with van der Waals surface area (Å²) < 4.78 is 11.2. The summed E-state index contributed by atoms with van der Waals surface area (Å²) in [4.78, 5) is 2.47. The lowest BCUT2D eigenvalue weighted by atomic mass is 9.85. The summed E-state index contributed by atoms with van der Waals surface area (Å²) in [7, 11) is 0. The molecular weight excluding hydrogens is 204 g/mol. The van der Waals surface area contributed by atoms with Gasteiger partial charge in [0.25, 0.3) is 0 Å². The lowest BCUT2D eigenvalue weighted by Gasteiger charge is -2.40. The number of nitrogens with zero attached hydrogens (tertiary/aromatic N) is 1. The molecule has 0 aromatic carbocycles. The minimum Gasteiger partial charge on any atom is -0.379 e. The third kappa shape index (κ3) is 2.56. The Morgan fingerprint density at radius 2 is 1.94 bits per heavy atom. The summed E-state index contributed by atoms with van der Waals surface area (Å²) in [6.45, 7) is 11.0. The highest BCUT2D eigenvalue weighted by atomic mass is 16.5. The van der Waals surface area contributed by atoms with Gasteiger partial charge in [-0.2, -0.15) is 0 Å². The fourth-order valence-corrected chi connectivity index (χ4v) is 2.81. The zero-order valence-electron chi connectivity index (χ0n) is 10.6. The van der Waals surface area contributed by atoms with Crippen molar-refractivity contribution in [2.45, 2.75) is 39.0 Å². The van der Waals surface area contributed by atoms with Gasteiger partial charge in [-0.05, 0) is 13.8 Å². The summed E-state index contributed by atoms with van der Waals surface area (Å²) >= 11 is 0. The lowest BCUT2D eigenvalue weighted by Crippen LogP contribution is -2.53. The summed E-state index contributed by atoms with van der Waals surface area (Å²) in [6, 6.07) is 0.168. The fraction of sp³-hybridized carbons (Fsp3) is 1.00. The molecule has 0 saturated carbocycles. The van der Waals surface area contributed by atoms with Crippen molar-refractivity contribution < 1.29 is 9.47 Å². The van der Waals surface area contributed by atoms with Gasteiger partial charge in [-0.3, -0.25) is 4.90 Å². The van der Waals surface area contributed by atoms with E-state index in [1.165, 1.54) is 0 Å². The summed E-state index contributed by atoms with van der Waals surface area (Å²) in [5, 5.41) is 0. The van der Waals surface area contributed by atoms with E-state index >= 15 is 0 Å². The van der Waals surface area contributed by atoms with E-state index in [1.54, 1.807) is 0 Å². The number of rotatable bonds is 2. The molecule has 2 aliphatic rings. The quantitative estimate of drug-likeness (QED) is 0.746. The van der Waals surface area contributed by atoms with Crippen LogP contribution in [-0.2, 0) is 9.47 Å². The Hall–Kier alpha value is -0.160. The first kappa shape index (κ1) is 12.3. The molecule has 2 heterocycles. The molecule has 0 aromatic rings. The molecule has 0 amide bonds. The molecule has 4 nitrogen and oxygen atoms in total. The standard InChI is InChI=1S/C12H24N2O2/c1-9-4-14(5-10(2)16-9)7-12(3)8-15-6-11(12)13/h9-11H,4-8,13H2,1-3H3/t9-,10+,11?,12?. The Balaban J connectivity index is 1.93. The SMILES string of the molecule is C[C@@H]1CN(CC2(C)COCC2N)C[C@H](C)O1. The highest BCUT2D eigenvalue weighted by molar-refractivity contribution is 4.93. The van der Waals surface area contributed by atoms with Crippen molar-refractivity contribution in [2.24, 2.45) is 11.1 Å². The molecule has 4 heteroatoms. The molecule has 2 aliphatic heterocycles. The minimum absolute atomic E-state index is 0.108. The van der Waals surface area contributed by atoms with E-state index in [4.69, 9.17) is 15.2 Å². The predicted molar refractivity (Wildman–Crippen MR) is 63.4 cm³/mol. The van der Waals surface area contributed by atoms with Crippen molar-refractivity contribution >= 4 is 0 Å². The Kier molecular flexibility index (Phi) is 3.54. The smallest absolute Gasteiger partial charge is 0.0678 e. The van der Waals surface area contributed by atoms with E-state index in [2.05, 4.69) is 25.7 Å². The molecule has 0 spiro atoms. The van der Waals surface area contributed by atoms with Crippen LogP contribution in [0.15, 0.2) is 0 Å². The first-order chi connectivity index (χ1) is 7.49. The monoisotopic (exact) mass is 228 g/mol. The largest absolute Gasteiger partial charge is 0.379 e. The maximum Gasteiger partial charge on any atom is 0.0678 e. The van der Waals surface area contributed by atoms with E-state index < -0.39 is 0 Å². The van der Waals surface area contributed by atoms with E-state index in [1.807, 2.05) is 0 Å². The molecule has 2 fully saturated rings. The molecule has 16 heavy (non-hydrogen) atoms. The third-order valence-corrected chi connectivity index (χ3v) is 3.70. The average molecular weight is 228 g/mol. The molecule has 4 atom stereocenters. The average Bonchev–Trinajstić information content (AvgIpc) is 2.44. The van der Waals surface area contributed by atoms with Crippen LogP contribution in [0.5, 0.6) is 0 Å². The van der Waals surface area contributed by atoms with Gasteiger partial charge in [-0.15, -0.1) is 0 Å². The molecular formula is C12H24N2O2. The Morgan fingerprint density at radius 1 is 1.31 bits per heavy atom. The lowest BCUT2D eigenvalue weighted by molar-refractivity contribution is -0.0776. The van der Waals surface area contributed by atoms with Crippen LogP contribution < -0.4 is 5.73 Å². The highest BCUT2D eigenvalue weighted by Crippen LogP contribution is 2.29. The molecule has 94 valence electrons. The van der Waals surface area contributed by atoms with Crippen LogP contribution in [-0.4, -0.2) is 56.0 Å². The Bertz CT molecular complexity index is 239. The van der Waals surface area contributed by atoms with Crippen molar-refractivity contribution in [3.63, 3.8) is 0 Å². The van der Waals surface area contributed by atoms with E-state index in [-0.39, 0.29) is 11.5 Å². The van der Waals surface area contributed by atoms with Crippen molar-refractivity contribution in [2.75, 3.05) is 32.8 Å². The van der Waals surface area contributed by atoms with E-state index in [0.717, 1.165) is 26.2 Å². The van der Waals surface area contributed by atoms with Gasteiger partial charge < -0.3 is 15.2 Å². The van der Waals surface area contributed by atoms with Crippen LogP contribution in [0, 0.1) is 5.41 Å². The number of morpholine rings is 1. The topological polar surface area (TPSA) is 47.7 Å². The molecule has 2 N–H and O–H groups in total. The zero-order valence-corrected chi connectivity index (χ0v) is 10.6. The Labute approximate surface area is 98.1 Å². The summed E-state index contributed by atoms with van der Waals surface area (Å²) in [5.41, 5.74) is 6.22. The van der Waals surface area contributed by atoms with Gasteiger partial charge in [0, 0.05) is 31.1 Å². The molecule has 2 rings (SSSR count). The fourth-order valence-electron chi connectivity index (χ4n) is 2.81. The second-order valence-electron chi connectivity index (χ2n) is 5.73. The van der Waals surface area contributed by atoms with Gasteiger partial charge in [0.1, 0.15) is 0 Å². The van der Waals surface area contributed by atoms with Crippen LogP contribution in [0.2, 0.25) is 0 Å². The van der Waals surface area contributed by atoms with Crippen LogP contribution in [0.25, 0.3) is 0 Å². The summed E-state index contributed by atoms with van der Waals surface area (Å²) in [6.07, 6.45) is 0.650. The van der Waals surface area contributed by atoms with Gasteiger partial charge in [-0.1, -0.05) is 6.92 Å². The van der Waals surface area contributed by atoms with Crippen LogP contribution in [0.1, 0.15) is 20.8 Å². The van der Waals surface area contributed by atoms with E-state index in [9.17, 15) is 0 Å². The minimum atomic E-state index is 0.108. The van der Waals surface area contributed by atoms with Crippen LogP contribution >= 0.6 is 0 Å². The highest BCUT2D eigenvalue weighted by Gasteiger charge is 2.40. The number of ether oxygens (including phenoxy) is 2. The van der Waals surface area contributed by atoms with Gasteiger partial charge >= 0.3 is 0 Å². The molecule has 2 saturated heterocycles. The van der Waals surface area contributed by atoms with Crippen molar-refractivity contribution in [1.82, 2.24) is 4.90 Å². The Morgan fingerprint density at radius 3 is 2.44 bits per heavy atom. The summed E-state index contributed by atoms with van der Waals surface area (Å²) in [5.74, 6) is 0. The maximum absolute atomic E-state index is 6.12. The first-order valence-corrected chi connectivity index (χ1v) is 6.21. The second-order valence-corrected chi connectivity index (χ2v) is 5.73. The predicted octanol–water partition coefficient (Wildman–Crippen LogP) is 0.459. The molecule has 2 unspecified atom stereocenters. The second kappa shape index (κ2) is 4.61. The van der Waals surface area contributed by atoms with Crippen molar-refractivity contribution in [1.29, 1.82) is 0 Å². The molecule has 0 aromatic heterocycles. The van der Waals surface area contributed by atoms with Gasteiger partial charge in [-0.25, -0.2) is 0 Å². The maximum atomic E-state index is 6.12.